The quantitative estimate of drug-likeness (QED) is 0.695. The third-order valence-electron chi connectivity index (χ3n) is 2.40. The summed E-state index contributed by atoms with van der Waals surface area (Å²) in [5, 5.41) is 1.03. The average molecular weight is 350 g/mol. The Labute approximate surface area is 115 Å². The van der Waals surface area contributed by atoms with E-state index in [9.17, 15) is 0 Å². The van der Waals surface area contributed by atoms with Crippen LogP contribution < -0.4 is 0 Å². The topological polar surface area (TPSA) is 16.1 Å². The molecule has 0 aliphatic rings. The van der Waals surface area contributed by atoms with Gasteiger partial charge < -0.3 is 0 Å². The molecule has 1 aromatic heterocycles. The summed E-state index contributed by atoms with van der Waals surface area (Å²) >= 11 is 6.96. The Balaban J connectivity index is 2.52. The number of rotatable bonds is 7. The highest BCUT2D eigenvalue weighted by atomic mass is 79.9. The van der Waals surface area contributed by atoms with E-state index in [0.29, 0.717) is 0 Å². The van der Waals surface area contributed by atoms with Crippen molar-refractivity contribution in [1.82, 2.24) is 9.88 Å². The molecule has 0 N–H and O–H groups in total. The molecular weight excluding hydrogens is 332 g/mol. The lowest BCUT2D eigenvalue weighted by Crippen LogP contribution is -2.26. The Bertz CT molecular complexity index is 305. The first-order valence-corrected chi connectivity index (χ1v) is 7.55. The van der Waals surface area contributed by atoms with Crippen molar-refractivity contribution in [1.29, 1.82) is 0 Å². The molecular formula is C12H18Br2N2. The largest absolute Gasteiger partial charge is 0.298 e. The summed E-state index contributed by atoms with van der Waals surface area (Å²) in [4.78, 5) is 6.65. The van der Waals surface area contributed by atoms with Crippen LogP contribution in [0.4, 0.5) is 0 Å². The Hall–Kier alpha value is 0.0700. The maximum Gasteiger partial charge on any atom is 0.0410 e. The van der Waals surface area contributed by atoms with Crippen molar-refractivity contribution in [3.05, 3.63) is 28.5 Å². The maximum atomic E-state index is 4.19. The van der Waals surface area contributed by atoms with Gasteiger partial charge in [0.15, 0.2) is 0 Å². The Morgan fingerprint density at radius 1 is 1.31 bits per heavy atom. The number of alkyl halides is 1. The lowest BCUT2D eigenvalue weighted by molar-refractivity contribution is 0.278. The third-order valence-corrected chi connectivity index (χ3v) is 3.18. The fourth-order valence-corrected chi connectivity index (χ4v) is 2.49. The summed E-state index contributed by atoms with van der Waals surface area (Å²) in [6, 6.07) is 2.14. The molecule has 0 saturated heterocycles. The molecule has 1 aromatic rings. The minimum atomic E-state index is 0.984. The number of hydrogen-bond donors (Lipinski definition) is 0. The maximum absolute atomic E-state index is 4.19. The summed E-state index contributed by atoms with van der Waals surface area (Å²) < 4.78 is 1.05. The molecule has 2 nitrogen and oxygen atoms in total. The third kappa shape index (κ3) is 5.41. The van der Waals surface area contributed by atoms with Gasteiger partial charge in [-0.1, -0.05) is 29.3 Å². The van der Waals surface area contributed by atoms with E-state index in [2.05, 4.69) is 54.7 Å². The van der Waals surface area contributed by atoms with Crippen LogP contribution in [0.25, 0.3) is 0 Å². The molecule has 0 fully saturated rings. The summed E-state index contributed by atoms with van der Waals surface area (Å²) in [5.41, 5.74) is 1.27. The molecule has 0 aliphatic heterocycles. The highest BCUT2D eigenvalue weighted by Crippen LogP contribution is 2.12. The van der Waals surface area contributed by atoms with Gasteiger partial charge >= 0.3 is 0 Å². The van der Waals surface area contributed by atoms with Gasteiger partial charge in [0.2, 0.25) is 0 Å². The predicted octanol–water partition coefficient (Wildman–Crippen LogP) is 3.84. The van der Waals surface area contributed by atoms with Crippen LogP contribution in [0.1, 0.15) is 25.3 Å². The van der Waals surface area contributed by atoms with Crippen LogP contribution in [0.3, 0.4) is 0 Å². The SMILES string of the molecule is CCCCN(CCBr)Cc1cncc(Br)c1. The molecule has 0 aliphatic carbocycles. The minimum absolute atomic E-state index is 0.984. The monoisotopic (exact) mass is 348 g/mol. The van der Waals surface area contributed by atoms with Crippen LogP contribution in [0, 0.1) is 0 Å². The average Bonchev–Trinajstić information content (AvgIpc) is 2.26. The number of pyridine rings is 1. The van der Waals surface area contributed by atoms with Gasteiger partial charge in [0, 0.05) is 35.3 Å². The summed E-state index contributed by atoms with van der Waals surface area (Å²) in [7, 11) is 0. The van der Waals surface area contributed by atoms with Crippen LogP contribution in [-0.4, -0.2) is 28.3 Å². The molecule has 0 spiro atoms. The first kappa shape index (κ1) is 14.1. The smallest absolute Gasteiger partial charge is 0.0410 e. The fourth-order valence-electron chi connectivity index (χ4n) is 1.57. The van der Waals surface area contributed by atoms with Crippen LogP contribution in [0.5, 0.6) is 0 Å². The van der Waals surface area contributed by atoms with Crippen molar-refractivity contribution < 1.29 is 0 Å². The molecule has 1 heterocycles. The molecule has 4 heteroatoms. The van der Waals surface area contributed by atoms with E-state index in [0.717, 1.165) is 29.4 Å². The van der Waals surface area contributed by atoms with Crippen molar-refractivity contribution in [3.8, 4) is 0 Å². The fraction of sp³-hybridized carbons (Fsp3) is 0.583. The number of nitrogens with zero attached hydrogens (tertiary/aromatic N) is 2. The van der Waals surface area contributed by atoms with Gasteiger partial charge in [-0.25, -0.2) is 0 Å². The van der Waals surface area contributed by atoms with Crippen molar-refractivity contribution >= 4 is 31.9 Å². The standard InChI is InChI=1S/C12H18Br2N2/c1-2-3-5-16(6-4-13)10-11-7-12(14)9-15-8-11/h7-9H,2-6,10H2,1H3. The predicted molar refractivity (Wildman–Crippen MR) is 75.9 cm³/mol. The summed E-state index contributed by atoms with van der Waals surface area (Å²) in [6.07, 6.45) is 6.27. The van der Waals surface area contributed by atoms with Crippen molar-refractivity contribution in [2.24, 2.45) is 0 Å². The van der Waals surface area contributed by atoms with Gasteiger partial charge in [-0.2, -0.15) is 0 Å². The molecule has 0 atom stereocenters. The summed E-state index contributed by atoms with van der Waals surface area (Å²) in [5.74, 6) is 0. The van der Waals surface area contributed by atoms with Crippen LogP contribution in [-0.2, 0) is 6.54 Å². The van der Waals surface area contributed by atoms with Crippen molar-refractivity contribution in [2.45, 2.75) is 26.3 Å². The molecule has 16 heavy (non-hydrogen) atoms. The highest BCUT2D eigenvalue weighted by Gasteiger charge is 2.05. The van der Waals surface area contributed by atoms with Gasteiger partial charge in [-0.15, -0.1) is 0 Å². The second-order valence-electron chi connectivity index (χ2n) is 3.83. The zero-order valence-electron chi connectivity index (χ0n) is 9.63. The molecule has 0 unspecified atom stereocenters. The molecule has 0 saturated carbocycles. The Morgan fingerprint density at radius 3 is 2.75 bits per heavy atom. The number of aromatic nitrogens is 1. The van der Waals surface area contributed by atoms with E-state index in [-0.39, 0.29) is 0 Å². The number of hydrogen-bond acceptors (Lipinski definition) is 2. The first-order valence-electron chi connectivity index (χ1n) is 5.64. The zero-order chi connectivity index (χ0) is 11.8. The second kappa shape index (κ2) is 8.20. The Morgan fingerprint density at radius 2 is 2.12 bits per heavy atom. The van der Waals surface area contributed by atoms with E-state index in [1.165, 1.54) is 18.4 Å². The van der Waals surface area contributed by atoms with Gasteiger partial charge in [0.25, 0.3) is 0 Å². The van der Waals surface area contributed by atoms with Gasteiger partial charge in [-0.3, -0.25) is 9.88 Å². The van der Waals surface area contributed by atoms with E-state index in [1.54, 1.807) is 0 Å². The highest BCUT2D eigenvalue weighted by molar-refractivity contribution is 9.10. The number of unbranched alkanes of at least 4 members (excludes halogenated alkanes) is 1. The van der Waals surface area contributed by atoms with Gasteiger partial charge in [-0.05, 0) is 40.5 Å². The molecule has 0 amide bonds. The Kier molecular flexibility index (Phi) is 7.25. The van der Waals surface area contributed by atoms with E-state index in [1.807, 2.05) is 12.4 Å². The van der Waals surface area contributed by atoms with Crippen molar-refractivity contribution in [3.63, 3.8) is 0 Å². The first-order chi connectivity index (χ1) is 7.76. The molecule has 90 valence electrons. The number of halogens is 2. The van der Waals surface area contributed by atoms with Gasteiger partial charge in [0.05, 0.1) is 0 Å². The van der Waals surface area contributed by atoms with Crippen LogP contribution in [0.2, 0.25) is 0 Å². The van der Waals surface area contributed by atoms with E-state index in [4.69, 9.17) is 0 Å². The minimum Gasteiger partial charge on any atom is -0.298 e. The van der Waals surface area contributed by atoms with E-state index < -0.39 is 0 Å². The van der Waals surface area contributed by atoms with Crippen LogP contribution in [0.15, 0.2) is 22.9 Å². The zero-order valence-corrected chi connectivity index (χ0v) is 12.8. The van der Waals surface area contributed by atoms with Gasteiger partial charge in [0.1, 0.15) is 0 Å². The molecule has 0 radical (unpaired) electrons. The lowest BCUT2D eigenvalue weighted by atomic mass is 10.2. The second-order valence-corrected chi connectivity index (χ2v) is 5.54. The lowest BCUT2D eigenvalue weighted by Gasteiger charge is -2.20. The van der Waals surface area contributed by atoms with Crippen LogP contribution >= 0.6 is 31.9 Å². The molecule has 1 rings (SSSR count). The van der Waals surface area contributed by atoms with E-state index >= 15 is 0 Å². The molecule has 0 bridgehead atoms. The molecule has 0 aromatic carbocycles. The van der Waals surface area contributed by atoms with Crippen molar-refractivity contribution in [2.75, 3.05) is 18.4 Å². The summed E-state index contributed by atoms with van der Waals surface area (Å²) in [6.45, 7) is 5.46. The normalized spacial score (nSPS) is 11.0.